The molecule has 100 valence electrons. The summed E-state index contributed by atoms with van der Waals surface area (Å²) in [6.45, 7) is 2.22. The average molecular weight is 270 g/mol. The van der Waals surface area contributed by atoms with Gasteiger partial charge < -0.3 is 11.1 Å². The van der Waals surface area contributed by atoms with Gasteiger partial charge in [-0.05, 0) is 31.5 Å². The molecule has 4 nitrogen and oxygen atoms in total. The number of nitrogens with two attached hydrogens (primary N) is 1. The second kappa shape index (κ2) is 7.36. The molecule has 1 amide bonds. The maximum absolute atomic E-state index is 11.8. The zero-order valence-corrected chi connectivity index (χ0v) is 11.2. The summed E-state index contributed by atoms with van der Waals surface area (Å²) in [5.41, 5.74) is 6.73. The van der Waals surface area contributed by atoms with Gasteiger partial charge in [0, 0.05) is 18.3 Å². The Morgan fingerprint density at radius 2 is 2.11 bits per heavy atom. The average Bonchev–Trinajstić information content (AvgIpc) is 2.30. The van der Waals surface area contributed by atoms with E-state index in [4.69, 9.17) is 5.73 Å². The Morgan fingerprint density at radius 1 is 1.39 bits per heavy atom. The Bertz CT molecular complexity index is 372. The molecule has 0 radical (unpaired) electrons. The molecule has 0 bridgehead atoms. The maximum Gasteiger partial charge on any atom is 0.238 e. The highest BCUT2D eigenvalue weighted by Gasteiger charge is 2.18. The van der Waals surface area contributed by atoms with Crippen LogP contribution in [0.25, 0.3) is 0 Å². The van der Waals surface area contributed by atoms with Gasteiger partial charge in [0.1, 0.15) is 0 Å². The van der Waals surface area contributed by atoms with E-state index in [9.17, 15) is 4.79 Å². The molecular formula is C13H20ClN3O. The van der Waals surface area contributed by atoms with Crippen molar-refractivity contribution < 1.29 is 4.79 Å². The van der Waals surface area contributed by atoms with Gasteiger partial charge in [-0.15, -0.1) is 12.4 Å². The second-order valence-corrected chi connectivity index (χ2v) is 4.55. The number of hydrogen-bond acceptors (Lipinski definition) is 3. The molecular weight excluding hydrogens is 250 g/mol. The third kappa shape index (κ3) is 4.64. The van der Waals surface area contributed by atoms with Gasteiger partial charge in [0.2, 0.25) is 5.91 Å². The molecule has 1 aromatic carbocycles. The number of piperidine rings is 1. The minimum absolute atomic E-state index is 0. The summed E-state index contributed by atoms with van der Waals surface area (Å²) in [4.78, 5) is 13.9. The van der Waals surface area contributed by atoms with Crippen LogP contribution in [0, 0.1) is 0 Å². The van der Waals surface area contributed by atoms with Crippen LogP contribution in [-0.4, -0.2) is 36.5 Å². The summed E-state index contributed by atoms with van der Waals surface area (Å²) in [7, 11) is 0. The molecule has 1 saturated heterocycles. The first kappa shape index (κ1) is 15.0. The van der Waals surface area contributed by atoms with Crippen LogP contribution in [0.5, 0.6) is 0 Å². The van der Waals surface area contributed by atoms with Crippen molar-refractivity contribution in [3.63, 3.8) is 0 Å². The minimum Gasteiger partial charge on any atom is -0.327 e. The Labute approximate surface area is 114 Å². The number of hydrogen-bond donors (Lipinski definition) is 2. The van der Waals surface area contributed by atoms with E-state index < -0.39 is 0 Å². The van der Waals surface area contributed by atoms with Crippen molar-refractivity contribution in [2.45, 2.75) is 18.9 Å². The number of halogens is 1. The minimum atomic E-state index is 0. The van der Waals surface area contributed by atoms with Crippen molar-refractivity contribution in [3.05, 3.63) is 30.3 Å². The third-order valence-corrected chi connectivity index (χ3v) is 2.97. The van der Waals surface area contributed by atoms with Crippen LogP contribution in [0.15, 0.2) is 30.3 Å². The van der Waals surface area contributed by atoms with Crippen molar-refractivity contribution in [2.24, 2.45) is 5.73 Å². The summed E-state index contributed by atoms with van der Waals surface area (Å²) in [6.07, 6.45) is 2.15. The van der Waals surface area contributed by atoms with Crippen molar-refractivity contribution in [1.29, 1.82) is 0 Å². The van der Waals surface area contributed by atoms with Crippen LogP contribution in [-0.2, 0) is 4.79 Å². The molecule has 3 N–H and O–H groups in total. The first-order valence-corrected chi connectivity index (χ1v) is 6.07. The fourth-order valence-corrected chi connectivity index (χ4v) is 2.16. The smallest absolute Gasteiger partial charge is 0.238 e. The molecule has 1 aliphatic rings. The first-order valence-electron chi connectivity index (χ1n) is 6.07. The highest BCUT2D eigenvalue weighted by atomic mass is 35.5. The lowest BCUT2D eigenvalue weighted by Gasteiger charge is -2.29. The summed E-state index contributed by atoms with van der Waals surface area (Å²) >= 11 is 0. The van der Waals surface area contributed by atoms with Gasteiger partial charge in [0.25, 0.3) is 0 Å². The molecule has 1 fully saturated rings. The monoisotopic (exact) mass is 269 g/mol. The predicted octanol–water partition coefficient (Wildman–Crippen LogP) is 1.47. The SMILES string of the molecule is Cl.N[C@@H]1CCCN(CC(=O)Nc2ccccc2)C1. The standard InChI is InChI=1S/C13H19N3O.ClH/c14-11-5-4-8-16(9-11)10-13(17)15-12-6-2-1-3-7-12;/h1-3,6-7,11H,4-5,8-10,14H2,(H,15,17);1H/t11-;/m1./s1. The number of carbonyl (C=O) groups is 1. The van der Waals surface area contributed by atoms with E-state index in [0.29, 0.717) is 6.54 Å². The van der Waals surface area contributed by atoms with Crippen LogP contribution in [0.4, 0.5) is 5.69 Å². The van der Waals surface area contributed by atoms with Crippen LogP contribution < -0.4 is 11.1 Å². The largest absolute Gasteiger partial charge is 0.327 e. The van der Waals surface area contributed by atoms with Gasteiger partial charge in [-0.25, -0.2) is 0 Å². The summed E-state index contributed by atoms with van der Waals surface area (Å²) in [5, 5.41) is 2.88. The Balaban J connectivity index is 0.00000162. The Morgan fingerprint density at radius 3 is 2.78 bits per heavy atom. The number of benzene rings is 1. The molecule has 5 heteroatoms. The van der Waals surface area contributed by atoms with Gasteiger partial charge in [-0.1, -0.05) is 18.2 Å². The van der Waals surface area contributed by atoms with Gasteiger partial charge >= 0.3 is 0 Å². The molecule has 0 aromatic heterocycles. The van der Waals surface area contributed by atoms with Crippen molar-refractivity contribution in [2.75, 3.05) is 25.0 Å². The van der Waals surface area contributed by atoms with Crippen LogP contribution in [0.2, 0.25) is 0 Å². The number of nitrogens with one attached hydrogen (secondary N) is 1. The number of likely N-dealkylation sites (tertiary alicyclic amines) is 1. The Hall–Kier alpha value is -1.10. The highest BCUT2D eigenvalue weighted by molar-refractivity contribution is 5.92. The van der Waals surface area contributed by atoms with Gasteiger partial charge in [-0.3, -0.25) is 9.69 Å². The third-order valence-electron chi connectivity index (χ3n) is 2.97. The van der Waals surface area contributed by atoms with E-state index in [1.807, 2.05) is 30.3 Å². The van der Waals surface area contributed by atoms with Crippen LogP contribution >= 0.6 is 12.4 Å². The number of nitrogens with zero attached hydrogens (tertiary/aromatic N) is 1. The van der Waals surface area contributed by atoms with E-state index in [2.05, 4.69) is 10.2 Å². The molecule has 0 aliphatic carbocycles. The summed E-state index contributed by atoms with van der Waals surface area (Å²) in [5.74, 6) is 0.0327. The lowest BCUT2D eigenvalue weighted by molar-refractivity contribution is -0.117. The molecule has 1 atom stereocenters. The number of amides is 1. The lowest BCUT2D eigenvalue weighted by atomic mass is 10.1. The number of rotatable bonds is 3. The van der Waals surface area contributed by atoms with E-state index in [1.54, 1.807) is 0 Å². The number of anilines is 1. The van der Waals surface area contributed by atoms with Crippen molar-refractivity contribution >= 4 is 24.0 Å². The molecule has 0 unspecified atom stereocenters. The fourth-order valence-electron chi connectivity index (χ4n) is 2.16. The zero-order valence-electron chi connectivity index (χ0n) is 10.3. The zero-order chi connectivity index (χ0) is 12.1. The molecule has 0 saturated carbocycles. The van der Waals surface area contributed by atoms with Crippen molar-refractivity contribution in [3.8, 4) is 0 Å². The predicted molar refractivity (Wildman–Crippen MR) is 76.0 cm³/mol. The topological polar surface area (TPSA) is 58.4 Å². The molecule has 1 aliphatic heterocycles. The first-order chi connectivity index (χ1) is 8.24. The lowest BCUT2D eigenvalue weighted by Crippen LogP contribution is -2.45. The van der Waals surface area contributed by atoms with Gasteiger partial charge in [0.15, 0.2) is 0 Å². The van der Waals surface area contributed by atoms with Gasteiger partial charge in [0.05, 0.1) is 6.54 Å². The maximum atomic E-state index is 11.8. The highest BCUT2D eigenvalue weighted by Crippen LogP contribution is 2.09. The number of carbonyl (C=O) groups excluding carboxylic acids is 1. The number of para-hydroxylation sites is 1. The fraction of sp³-hybridized carbons (Fsp3) is 0.462. The molecule has 1 aromatic rings. The van der Waals surface area contributed by atoms with Crippen LogP contribution in [0.3, 0.4) is 0 Å². The van der Waals surface area contributed by atoms with E-state index in [0.717, 1.165) is 31.6 Å². The van der Waals surface area contributed by atoms with Crippen LogP contribution in [0.1, 0.15) is 12.8 Å². The van der Waals surface area contributed by atoms with Crippen molar-refractivity contribution in [1.82, 2.24) is 4.90 Å². The summed E-state index contributed by atoms with van der Waals surface area (Å²) in [6, 6.07) is 9.74. The quantitative estimate of drug-likeness (QED) is 0.874. The molecule has 0 spiro atoms. The summed E-state index contributed by atoms with van der Waals surface area (Å²) < 4.78 is 0. The Kier molecular flexibility index (Phi) is 6.12. The molecule has 2 rings (SSSR count). The van der Waals surface area contributed by atoms with E-state index in [-0.39, 0.29) is 24.4 Å². The normalized spacial score (nSPS) is 19.9. The molecule has 1 heterocycles. The van der Waals surface area contributed by atoms with Gasteiger partial charge in [-0.2, -0.15) is 0 Å². The second-order valence-electron chi connectivity index (χ2n) is 4.55. The van der Waals surface area contributed by atoms with E-state index >= 15 is 0 Å². The molecule has 18 heavy (non-hydrogen) atoms. The van der Waals surface area contributed by atoms with E-state index in [1.165, 1.54) is 0 Å².